The molecule has 1 aromatic heterocycles. The van der Waals surface area contributed by atoms with Gasteiger partial charge in [-0.1, -0.05) is 13.0 Å². The second-order valence-corrected chi connectivity index (χ2v) is 6.48. The quantitative estimate of drug-likeness (QED) is 0.618. The number of hydrogen-bond donors (Lipinski definition) is 2. The average Bonchev–Trinajstić information content (AvgIpc) is 3.08. The fourth-order valence-corrected chi connectivity index (χ4v) is 2.84. The summed E-state index contributed by atoms with van der Waals surface area (Å²) in [5.41, 5.74) is 0.340. The molecule has 0 saturated carbocycles. The smallest absolute Gasteiger partial charge is 0.273 e. The van der Waals surface area contributed by atoms with E-state index in [1.54, 1.807) is 0 Å². The van der Waals surface area contributed by atoms with Gasteiger partial charge in [0.25, 0.3) is 5.91 Å². The summed E-state index contributed by atoms with van der Waals surface area (Å²) in [6, 6.07) is 0. The van der Waals surface area contributed by atoms with Crippen molar-refractivity contribution in [3.63, 3.8) is 0 Å². The van der Waals surface area contributed by atoms with Crippen LogP contribution in [0.25, 0.3) is 0 Å². The summed E-state index contributed by atoms with van der Waals surface area (Å²) in [6.45, 7) is 11.3. The van der Waals surface area contributed by atoms with Gasteiger partial charge in [0.05, 0.1) is 12.6 Å². The standard InChI is InChI=1S/C18H30N4O3/c1-3-5-6-15(23)12-21-8-10-22(11-9-21)13-17-20-16(14-25-17)18(24)19-7-4-2/h3,14-15,23H,1,4-13H2,2H3,(H,19,24)/t15-/m0/s1. The van der Waals surface area contributed by atoms with Crippen LogP contribution < -0.4 is 5.32 Å². The summed E-state index contributed by atoms with van der Waals surface area (Å²) < 4.78 is 5.43. The zero-order chi connectivity index (χ0) is 18.1. The Bertz CT molecular complexity index is 538. The van der Waals surface area contributed by atoms with E-state index in [0.29, 0.717) is 31.2 Å². The summed E-state index contributed by atoms with van der Waals surface area (Å²) in [5, 5.41) is 12.8. The fourth-order valence-electron chi connectivity index (χ4n) is 2.84. The number of carbonyl (C=O) groups excluding carboxylic acids is 1. The van der Waals surface area contributed by atoms with E-state index < -0.39 is 0 Å². The molecule has 1 aromatic rings. The maximum Gasteiger partial charge on any atom is 0.273 e. The molecule has 0 unspecified atom stereocenters. The van der Waals surface area contributed by atoms with Gasteiger partial charge in [0.15, 0.2) is 5.69 Å². The van der Waals surface area contributed by atoms with E-state index in [4.69, 9.17) is 4.42 Å². The third-order valence-corrected chi connectivity index (χ3v) is 4.32. The van der Waals surface area contributed by atoms with Gasteiger partial charge >= 0.3 is 0 Å². The van der Waals surface area contributed by atoms with E-state index in [9.17, 15) is 9.90 Å². The summed E-state index contributed by atoms with van der Waals surface area (Å²) in [4.78, 5) is 20.7. The van der Waals surface area contributed by atoms with E-state index >= 15 is 0 Å². The lowest BCUT2D eigenvalue weighted by Gasteiger charge is -2.34. The first kappa shape index (κ1) is 19.6. The topological polar surface area (TPSA) is 81.8 Å². The SMILES string of the molecule is C=CCC[C@H](O)CN1CCN(Cc2nc(C(=O)NCCC)co2)CC1. The molecule has 0 bridgehead atoms. The highest BCUT2D eigenvalue weighted by atomic mass is 16.3. The molecule has 1 atom stereocenters. The number of nitrogens with zero attached hydrogens (tertiary/aromatic N) is 3. The van der Waals surface area contributed by atoms with E-state index in [-0.39, 0.29) is 12.0 Å². The molecule has 2 N–H and O–H groups in total. The number of aliphatic hydroxyl groups is 1. The molecule has 7 nitrogen and oxygen atoms in total. The van der Waals surface area contributed by atoms with Crippen molar-refractivity contribution in [3.05, 3.63) is 30.5 Å². The lowest BCUT2D eigenvalue weighted by atomic mass is 10.1. The number of carbonyl (C=O) groups is 1. The van der Waals surface area contributed by atoms with Crippen LogP contribution in [0.2, 0.25) is 0 Å². The third-order valence-electron chi connectivity index (χ3n) is 4.32. The number of hydrogen-bond acceptors (Lipinski definition) is 6. The number of piperazine rings is 1. The number of aromatic nitrogens is 1. The van der Waals surface area contributed by atoms with Crippen molar-refractivity contribution in [2.45, 2.75) is 38.8 Å². The number of amides is 1. The molecule has 140 valence electrons. The van der Waals surface area contributed by atoms with E-state index in [2.05, 4.69) is 26.7 Å². The molecule has 1 saturated heterocycles. The zero-order valence-corrected chi connectivity index (χ0v) is 15.1. The highest BCUT2D eigenvalue weighted by Gasteiger charge is 2.21. The normalized spacial score (nSPS) is 17.4. The molecular formula is C18H30N4O3. The molecule has 0 spiro atoms. The van der Waals surface area contributed by atoms with E-state index in [1.165, 1.54) is 6.26 Å². The average molecular weight is 350 g/mol. The second kappa shape index (κ2) is 10.3. The maximum atomic E-state index is 11.8. The second-order valence-electron chi connectivity index (χ2n) is 6.48. The van der Waals surface area contributed by atoms with Crippen molar-refractivity contribution in [2.24, 2.45) is 0 Å². The van der Waals surface area contributed by atoms with Crippen molar-refractivity contribution in [3.8, 4) is 0 Å². The van der Waals surface area contributed by atoms with Crippen molar-refractivity contribution in [1.29, 1.82) is 0 Å². The van der Waals surface area contributed by atoms with Crippen LogP contribution in [0, 0.1) is 0 Å². The monoisotopic (exact) mass is 350 g/mol. The maximum absolute atomic E-state index is 11.8. The lowest BCUT2D eigenvalue weighted by molar-refractivity contribution is 0.0642. The van der Waals surface area contributed by atoms with Crippen LogP contribution in [0.3, 0.4) is 0 Å². The zero-order valence-electron chi connectivity index (χ0n) is 15.1. The van der Waals surface area contributed by atoms with Crippen LogP contribution in [0.15, 0.2) is 23.3 Å². The van der Waals surface area contributed by atoms with E-state index in [0.717, 1.165) is 45.4 Å². The van der Waals surface area contributed by atoms with Gasteiger partial charge in [0.2, 0.25) is 5.89 Å². The van der Waals surface area contributed by atoms with E-state index in [1.807, 2.05) is 13.0 Å². The largest absolute Gasteiger partial charge is 0.447 e. The van der Waals surface area contributed by atoms with Crippen molar-refractivity contribution in [1.82, 2.24) is 20.1 Å². The van der Waals surface area contributed by atoms with Gasteiger partial charge in [-0.15, -0.1) is 6.58 Å². The third kappa shape index (κ3) is 6.61. The molecule has 1 aliphatic heterocycles. The summed E-state index contributed by atoms with van der Waals surface area (Å²) >= 11 is 0. The van der Waals surface area contributed by atoms with Gasteiger partial charge in [-0.3, -0.25) is 14.6 Å². The molecule has 1 aliphatic rings. The Balaban J connectivity index is 1.72. The Labute approximate surface area is 149 Å². The Morgan fingerprint density at radius 3 is 2.84 bits per heavy atom. The summed E-state index contributed by atoms with van der Waals surface area (Å²) in [7, 11) is 0. The first-order valence-electron chi connectivity index (χ1n) is 9.08. The molecule has 7 heteroatoms. The molecule has 2 heterocycles. The minimum absolute atomic E-state index is 0.185. The van der Waals surface area contributed by atoms with Gasteiger partial charge in [-0.25, -0.2) is 4.98 Å². The Kier molecular flexibility index (Phi) is 8.11. The van der Waals surface area contributed by atoms with Gasteiger partial charge in [-0.05, 0) is 19.3 Å². The highest BCUT2D eigenvalue weighted by Crippen LogP contribution is 2.10. The molecule has 2 rings (SSSR count). The molecule has 1 fully saturated rings. The predicted molar refractivity (Wildman–Crippen MR) is 96.3 cm³/mol. The Hall–Kier alpha value is -1.70. The highest BCUT2D eigenvalue weighted by molar-refractivity contribution is 5.91. The molecule has 0 radical (unpaired) electrons. The molecule has 25 heavy (non-hydrogen) atoms. The van der Waals surface area contributed by atoms with Gasteiger partial charge in [0.1, 0.15) is 6.26 Å². The van der Waals surface area contributed by atoms with Crippen molar-refractivity contribution < 1.29 is 14.3 Å². The number of oxazole rings is 1. The number of aliphatic hydroxyl groups excluding tert-OH is 1. The molecule has 0 aromatic carbocycles. The minimum Gasteiger partial charge on any atom is -0.447 e. The lowest BCUT2D eigenvalue weighted by Crippen LogP contribution is -2.48. The van der Waals surface area contributed by atoms with Gasteiger partial charge in [-0.2, -0.15) is 0 Å². The van der Waals surface area contributed by atoms with Crippen LogP contribution in [0.5, 0.6) is 0 Å². The predicted octanol–water partition coefficient (Wildman–Crippen LogP) is 1.26. The minimum atomic E-state index is -0.291. The molecule has 1 amide bonds. The van der Waals surface area contributed by atoms with Gasteiger partial charge < -0.3 is 14.8 Å². The van der Waals surface area contributed by atoms with Crippen LogP contribution in [0.4, 0.5) is 0 Å². The molecular weight excluding hydrogens is 320 g/mol. The van der Waals surface area contributed by atoms with Crippen molar-refractivity contribution >= 4 is 5.91 Å². The first-order valence-corrected chi connectivity index (χ1v) is 9.08. The number of rotatable bonds is 10. The Morgan fingerprint density at radius 1 is 1.44 bits per heavy atom. The summed E-state index contributed by atoms with van der Waals surface area (Å²) in [6.07, 6.45) is 5.48. The van der Waals surface area contributed by atoms with Crippen LogP contribution >= 0.6 is 0 Å². The van der Waals surface area contributed by atoms with Crippen LogP contribution in [-0.4, -0.2) is 71.2 Å². The molecule has 0 aliphatic carbocycles. The van der Waals surface area contributed by atoms with Gasteiger partial charge in [0, 0.05) is 39.3 Å². The number of β-amino-alcohol motifs (C(OH)–C–C–N with tert-alkyl or cyclic N) is 1. The van der Waals surface area contributed by atoms with Crippen LogP contribution in [0.1, 0.15) is 42.6 Å². The number of allylic oxidation sites excluding steroid dienone is 1. The summed E-state index contributed by atoms with van der Waals surface area (Å²) in [5.74, 6) is 0.385. The van der Waals surface area contributed by atoms with Crippen molar-refractivity contribution in [2.75, 3.05) is 39.3 Å². The van der Waals surface area contributed by atoms with Crippen LogP contribution in [-0.2, 0) is 6.54 Å². The fraction of sp³-hybridized carbons (Fsp3) is 0.667. The number of nitrogens with one attached hydrogen (secondary N) is 1. The Morgan fingerprint density at radius 2 is 2.16 bits per heavy atom. The first-order chi connectivity index (χ1) is 12.1.